The fourth-order valence-corrected chi connectivity index (χ4v) is 3.64. The zero-order valence-corrected chi connectivity index (χ0v) is 15.7. The van der Waals surface area contributed by atoms with Crippen molar-refractivity contribution in [2.24, 2.45) is 7.05 Å². The quantitative estimate of drug-likeness (QED) is 0.778. The van der Waals surface area contributed by atoms with Gasteiger partial charge in [-0.05, 0) is 32.9 Å². The molecule has 0 saturated heterocycles. The molecule has 0 fully saturated rings. The van der Waals surface area contributed by atoms with Gasteiger partial charge < -0.3 is 14.8 Å². The Morgan fingerprint density at radius 2 is 2.12 bits per heavy atom. The van der Waals surface area contributed by atoms with E-state index in [-0.39, 0.29) is 11.6 Å². The minimum absolute atomic E-state index is 0.0670. The molecule has 7 heteroatoms. The Morgan fingerprint density at radius 3 is 2.88 bits per heavy atom. The first-order chi connectivity index (χ1) is 12.4. The number of rotatable bonds is 3. The molecule has 1 aliphatic heterocycles. The maximum atomic E-state index is 6.18. The average Bonchev–Trinajstić information content (AvgIpc) is 2.88. The standard InChI is InChI=1S/C19H23N5O2/c1-11-16-17(20-10-21-18(16)24(4)23-11)22-14-9-19(2,3)26-15-8-12(25-5)6-7-13(14)15/h6-8,10,14H,9H2,1-5H3,(H,20,21,22)/t14-/m0/s1. The molecule has 7 nitrogen and oxygen atoms in total. The first kappa shape index (κ1) is 16.6. The van der Waals surface area contributed by atoms with Crippen LogP contribution >= 0.6 is 0 Å². The number of hydrogen-bond acceptors (Lipinski definition) is 6. The molecule has 0 unspecified atom stereocenters. The summed E-state index contributed by atoms with van der Waals surface area (Å²) in [7, 11) is 3.56. The zero-order valence-electron chi connectivity index (χ0n) is 15.7. The summed E-state index contributed by atoms with van der Waals surface area (Å²) in [5.74, 6) is 2.42. The van der Waals surface area contributed by atoms with Gasteiger partial charge in [0.1, 0.15) is 29.2 Å². The molecular weight excluding hydrogens is 330 g/mol. The molecule has 1 atom stereocenters. The maximum absolute atomic E-state index is 6.18. The molecule has 0 aliphatic carbocycles. The largest absolute Gasteiger partial charge is 0.497 e. The van der Waals surface area contributed by atoms with E-state index < -0.39 is 0 Å². The van der Waals surface area contributed by atoms with Gasteiger partial charge in [0.05, 0.1) is 24.2 Å². The van der Waals surface area contributed by atoms with E-state index >= 15 is 0 Å². The lowest BCUT2D eigenvalue weighted by Crippen LogP contribution is -2.37. The summed E-state index contributed by atoms with van der Waals surface area (Å²) < 4.78 is 13.3. The molecule has 0 bridgehead atoms. The molecule has 0 saturated carbocycles. The van der Waals surface area contributed by atoms with E-state index in [2.05, 4.69) is 40.3 Å². The topological polar surface area (TPSA) is 74.1 Å². The van der Waals surface area contributed by atoms with Crippen LogP contribution in [-0.2, 0) is 7.05 Å². The van der Waals surface area contributed by atoms with Crippen LogP contribution in [0.1, 0.15) is 37.6 Å². The number of benzene rings is 1. The highest BCUT2D eigenvalue weighted by Gasteiger charge is 2.34. The molecular formula is C19H23N5O2. The van der Waals surface area contributed by atoms with Crippen molar-refractivity contribution in [2.75, 3.05) is 12.4 Å². The van der Waals surface area contributed by atoms with E-state index in [1.807, 2.05) is 26.1 Å². The van der Waals surface area contributed by atoms with E-state index in [1.54, 1.807) is 18.1 Å². The van der Waals surface area contributed by atoms with Crippen molar-refractivity contribution < 1.29 is 9.47 Å². The second-order valence-electron chi connectivity index (χ2n) is 7.30. The van der Waals surface area contributed by atoms with Crippen molar-refractivity contribution in [2.45, 2.75) is 38.8 Å². The Hall–Kier alpha value is -2.83. The first-order valence-electron chi connectivity index (χ1n) is 8.66. The molecule has 1 aliphatic rings. The van der Waals surface area contributed by atoms with E-state index in [0.717, 1.165) is 46.0 Å². The Balaban J connectivity index is 1.78. The summed E-state index contributed by atoms with van der Waals surface area (Å²) in [4.78, 5) is 8.85. The Morgan fingerprint density at radius 1 is 1.31 bits per heavy atom. The smallest absolute Gasteiger partial charge is 0.163 e. The van der Waals surface area contributed by atoms with Crippen LogP contribution in [0.5, 0.6) is 11.5 Å². The van der Waals surface area contributed by atoms with Crippen molar-refractivity contribution >= 4 is 16.9 Å². The van der Waals surface area contributed by atoms with Gasteiger partial charge in [-0.1, -0.05) is 0 Å². The number of anilines is 1. The second-order valence-corrected chi connectivity index (χ2v) is 7.30. The first-order valence-corrected chi connectivity index (χ1v) is 8.66. The number of nitrogens with one attached hydrogen (secondary N) is 1. The number of ether oxygens (including phenoxy) is 2. The lowest BCUT2D eigenvalue weighted by molar-refractivity contribution is 0.0755. The van der Waals surface area contributed by atoms with E-state index in [9.17, 15) is 0 Å². The van der Waals surface area contributed by atoms with Crippen molar-refractivity contribution in [3.05, 3.63) is 35.8 Å². The van der Waals surface area contributed by atoms with Crippen LogP contribution in [-0.4, -0.2) is 32.5 Å². The predicted molar refractivity (Wildman–Crippen MR) is 99.7 cm³/mol. The summed E-state index contributed by atoms with van der Waals surface area (Å²) in [6.45, 7) is 6.16. The van der Waals surface area contributed by atoms with Gasteiger partial charge in [0, 0.05) is 25.1 Å². The Bertz CT molecular complexity index is 979. The molecule has 1 N–H and O–H groups in total. The SMILES string of the molecule is COc1ccc2c(c1)OC(C)(C)C[C@@H]2Nc1ncnc2c1c(C)nn2C. The molecule has 0 spiro atoms. The number of aryl methyl sites for hydroxylation is 2. The van der Waals surface area contributed by atoms with Crippen LogP contribution in [0.2, 0.25) is 0 Å². The van der Waals surface area contributed by atoms with Crippen LogP contribution in [0.3, 0.4) is 0 Å². The van der Waals surface area contributed by atoms with Crippen molar-refractivity contribution in [1.82, 2.24) is 19.7 Å². The predicted octanol–water partition coefficient (Wildman–Crippen LogP) is 3.39. The van der Waals surface area contributed by atoms with Crippen LogP contribution in [0.4, 0.5) is 5.82 Å². The number of nitrogens with zero attached hydrogens (tertiary/aromatic N) is 4. The van der Waals surface area contributed by atoms with Gasteiger partial charge >= 0.3 is 0 Å². The highest BCUT2D eigenvalue weighted by molar-refractivity contribution is 5.89. The summed E-state index contributed by atoms with van der Waals surface area (Å²) >= 11 is 0. The summed E-state index contributed by atoms with van der Waals surface area (Å²) in [5, 5.41) is 9.03. The van der Waals surface area contributed by atoms with Crippen LogP contribution in [0.15, 0.2) is 24.5 Å². The monoisotopic (exact) mass is 353 g/mol. The molecule has 0 radical (unpaired) electrons. The molecule has 1 aromatic carbocycles. The van der Waals surface area contributed by atoms with E-state index in [4.69, 9.17) is 9.47 Å². The third-order valence-electron chi connectivity index (χ3n) is 4.78. The van der Waals surface area contributed by atoms with Gasteiger partial charge in [-0.15, -0.1) is 0 Å². The average molecular weight is 353 g/mol. The summed E-state index contributed by atoms with van der Waals surface area (Å²) in [5.41, 5.74) is 2.53. The van der Waals surface area contributed by atoms with Gasteiger partial charge in [0.2, 0.25) is 0 Å². The number of fused-ring (bicyclic) bond motifs is 2. The van der Waals surface area contributed by atoms with E-state index in [1.165, 1.54) is 0 Å². The molecule has 3 aromatic rings. The molecule has 0 amide bonds. The maximum Gasteiger partial charge on any atom is 0.163 e. The number of hydrogen-bond donors (Lipinski definition) is 1. The fourth-order valence-electron chi connectivity index (χ4n) is 3.64. The van der Waals surface area contributed by atoms with Gasteiger partial charge in [-0.2, -0.15) is 5.10 Å². The molecule has 136 valence electrons. The molecule has 26 heavy (non-hydrogen) atoms. The minimum atomic E-state index is -0.298. The normalized spacial score (nSPS) is 18.3. The van der Waals surface area contributed by atoms with Crippen molar-refractivity contribution in [1.29, 1.82) is 0 Å². The van der Waals surface area contributed by atoms with Gasteiger partial charge in [-0.25, -0.2) is 9.97 Å². The van der Waals surface area contributed by atoms with Crippen molar-refractivity contribution in [3.63, 3.8) is 0 Å². The van der Waals surface area contributed by atoms with Gasteiger partial charge in [0.25, 0.3) is 0 Å². The van der Waals surface area contributed by atoms with Gasteiger partial charge in [-0.3, -0.25) is 4.68 Å². The zero-order chi connectivity index (χ0) is 18.5. The third kappa shape index (κ3) is 2.73. The molecule has 3 heterocycles. The molecule has 2 aromatic heterocycles. The van der Waals surface area contributed by atoms with E-state index in [0.29, 0.717) is 0 Å². The Kier molecular flexibility index (Phi) is 3.75. The lowest BCUT2D eigenvalue weighted by Gasteiger charge is -2.38. The van der Waals surface area contributed by atoms with Crippen LogP contribution < -0.4 is 14.8 Å². The summed E-state index contributed by atoms with van der Waals surface area (Å²) in [6, 6.07) is 6.02. The van der Waals surface area contributed by atoms with Crippen molar-refractivity contribution in [3.8, 4) is 11.5 Å². The Labute approximate surface area is 152 Å². The number of aromatic nitrogens is 4. The highest BCUT2D eigenvalue weighted by atomic mass is 16.5. The molecule has 4 rings (SSSR count). The van der Waals surface area contributed by atoms with Crippen LogP contribution in [0, 0.1) is 6.92 Å². The van der Waals surface area contributed by atoms with Crippen LogP contribution in [0.25, 0.3) is 11.0 Å². The lowest BCUT2D eigenvalue weighted by atomic mass is 9.89. The second kappa shape index (κ2) is 5.86. The van der Waals surface area contributed by atoms with Gasteiger partial charge in [0.15, 0.2) is 5.65 Å². The number of methoxy groups -OCH3 is 1. The third-order valence-corrected chi connectivity index (χ3v) is 4.78. The highest BCUT2D eigenvalue weighted by Crippen LogP contribution is 2.43. The summed E-state index contributed by atoms with van der Waals surface area (Å²) in [6.07, 6.45) is 2.39. The fraction of sp³-hybridized carbons (Fsp3) is 0.421. The minimum Gasteiger partial charge on any atom is -0.497 e.